The van der Waals surface area contributed by atoms with Crippen LogP contribution in [0.3, 0.4) is 0 Å². The first kappa shape index (κ1) is 14.4. The molecule has 1 saturated heterocycles. The van der Waals surface area contributed by atoms with Crippen LogP contribution in [0, 0.1) is 17.8 Å². The van der Waals surface area contributed by atoms with Gasteiger partial charge in [0.05, 0.1) is 11.7 Å². The molecule has 0 aromatic carbocycles. The number of hydrogen-bond donors (Lipinski definition) is 1. The predicted molar refractivity (Wildman–Crippen MR) is 81.2 cm³/mol. The van der Waals surface area contributed by atoms with Crippen molar-refractivity contribution >= 4 is 5.91 Å². The van der Waals surface area contributed by atoms with Crippen molar-refractivity contribution < 1.29 is 4.79 Å². The standard InChI is InChI=1S/C17H30N2O/c1-12(2)15-18-17(8-4-5-9-17)16(20)19(15)11-14-7-6-13(3)10-14/h12-15,18H,4-11H2,1-3H3. The molecule has 3 nitrogen and oxygen atoms in total. The zero-order valence-corrected chi connectivity index (χ0v) is 13.3. The number of hydrogen-bond acceptors (Lipinski definition) is 2. The summed E-state index contributed by atoms with van der Waals surface area (Å²) in [4.78, 5) is 15.2. The average Bonchev–Trinajstić information content (AvgIpc) is 3.08. The van der Waals surface area contributed by atoms with E-state index in [0.29, 0.717) is 11.8 Å². The fourth-order valence-electron chi connectivity index (χ4n) is 4.65. The lowest BCUT2D eigenvalue weighted by Gasteiger charge is -2.29. The molecule has 114 valence electrons. The zero-order chi connectivity index (χ0) is 14.3. The topological polar surface area (TPSA) is 32.3 Å². The van der Waals surface area contributed by atoms with Crippen molar-refractivity contribution in [1.29, 1.82) is 0 Å². The van der Waals surface area contributed by atoms with Gasteiger partial charge >= 0.3 is 0 Å². The van der Waals surface area contributed by atoms with Crippen molar-refractivity contribution in [2.45, 2.75) is 77.4 Å². The van der Waals surface area contributed by atoms with E-state index in [-0.39, 0.29) is 11.7 Å². The molecule has 0 aromatic rings. The van der Waals surface area contributed by atoms with E-state index in [1.54, 1.807) is 0 Å². The van der Waals surface area contributed by atoms with E-state index < -0.39 is 0 Å². The van der Waals surface area contributed by atoms with Crippen LogP contribution in [0.25, 0.3) is 0 Å². The quantitative estimate of drug-likeness (QED) is 0.860. The molecule has 3 unspecified atom stereocenters. The molecule has 1 amide bonds. The Morgan fingerprint density at radius 1 is 1.30 bits per heavy atom. The van der Waals surface area contributed by atoms with Gasteiger partial charge in [-0.2, -0.15) is 0 Å². The number of amides is 1. The molecule has 1 spiro atoms. The highest BCUT2D eigenvalue weighted by Crippen LogP contribution is 2.39. The van der Waals surface area contributed by atoms with E-state index in [4.69, 9.17) is 0 Å². The number of carbonyl (C=O) groups is 1. The van der Waals surface area contributed by atoms with Crippen LogP contribution in [0.2, 0.25) is 0 Å². The first-order chi connectivity index (χ1) is 9.52. The highest BCUT2D eigenvalue weighted by molar-refractivity contribution is 5.89. The largest absolute Gasteiger partial charge is 0.325 e. The van der Waals surface area contributed by atoms with Crippen molar-refractivity contribution in [2.75, 3.05) is 6.54 Å². The summed E-state index contributed by atoms with van der Waals surface area (Å²) in [7, 11) is 0. The second kappa shape index (κ2) is 5.32. The van der Waals surface area contributed by atoms with Gasteiger partial charge in [0.1, 0.15) is 0 Å². The van der Waals surface area contributed by atoms with Crippen LogP contribution >= 0.6 is 0 Å². The Morgan fingerprint density at radius 3 is 2.55 bits per heavy atom. The molecule has 0 radical (unpaired) electrons. The monoisotopic (exact) mass is 278 g/mol. The normalized spacial score (nSPS) is 36.7. The van der Waals surface area contributed by atoms with Gasteiger partial charge in [0.25, 0.3) is 0 Å². The molecule has 3 aliphatic rings. The van der Waals surface area contributed by atoms with Gasteiger partial charge in [0.2, 0.25) is 5.91 Å². The van der Waals surface area contributed by atoms with Crippen LogP contribution in [-0.4, -0.2) is 29.1 Å². The molecule has 1 N–H and O–H groups in total. The van der Waals surface area contributed by atoms with Crippen LogP contribution in [0.4, 0.5) is 0 Å². The van der Waals surface area contributed by atoms with E-state index in [1.807, 2.05) is 0 Å². The van der Waals surface area contributed by atoms with Crippen LogP contribution in [-0.2, 0) is 4.79 Å². The second-order valence-corrected chi connectivity index (χ2v) is 7.86. The molecular formula is C17H30N2O. The summed E-state index contributed by atoms with van der Waals surface area (Å²) in [5.41, 5.74) is -0.195. The molecule has 1 heterocycles. The van der Waals surface area contributed by atoms with E-state index >= 15 is 0 Å². The van der Waals surface area contributed by atoms with Gasteiger partial charge in [-0.3, -0.25) is 10.1 Å². The lowest BCUT2D eigenvalue weighted by atomic mass is 9.97. The van der Waals surface area contributed by atoms with E-state index in [0.717, 1.165) is 31.2 Å². The maximum absolute atomic E-state index is 13.0. The van der Waals surface area contributed by atoms with Crippen LogP contribution in [0.1, 0.15) is 65.7 Å². The molecular weight excluding hydrogens is 248 g/mol. The summed E-state index contributed by atoms with van der Waals surface area (Å²) in [6.45, 7) is 7.82. The fraction of sp³-hybridized carbons (Fsp3) is 0.941. The minimum atomic E-state index is -0.195. The maximum Gasteiger partial charge on any atom is 0.244 e. The van der Waals surface area contributed by atoms with Crippen molar-refractivity contribution in [2.24, 2.45) is 17.8 Å². The van der Waals surface area contributed by atoms with Gasteiger partial charge in [0.15, 0.2) is 0 Å². The van der Waals surface area contributed by atoms with E-state index in [9.17, 15) is 4.79 Å². The Labute approximate surface area is 123 Å². The third-order valence-corrected chi connectivity index (χ3v) is 5.78. The minimum absolute atomic E-state index is 0.195. The number of carbonyl (C=O) groups excluding carboxylic acids is 1. The van der Waals surface area contributed by atoms with Gasteiger partial charge in [-0.05, 0) is 43.4 Å². The lowest BCUT2D eigenvalue weighted by Crippen LogP contribution is -2.45. The first-order valence-corrected chi connectivity index (χ1v) is 8.60. The maximum atomic E-state index is 13.0. The van der Waals surface area contributed by atoms with Gasteiger partial charge in [-0.1, -0.05) is 40.0 Å². The summed E-state index contributed by atoms with van der Waals surface area (Å²) in [6.07, 6.45) is 8.73. The Bertz CT molecular complexity index is 373. The van der Waals surface area contributed by atoms with Gasteiger partial charge in [-0.15, -0.1) is 0 Å². The molecule has 0 bridgehead atoms. The Hall–Kier alpha value is -0.570. The molecule has 3 rings (SSSR count). The molecule has 2 aliphatic carbocycles. The molecule has 2 saturated carbocycles. The average molecular weight is 278 g/mol. The third-order valence-electron chi connectivity index (χ3n) is 5.78. The highest BCUT2D eigenvalue weighted by atomic mass is 16.2. The summed E-state index contributed by atoms with van der Waals surface area (Å²) < 4.78 is 0. The molecule has 1 aliphatic heterocycles. The van der Waals surface area contributed by atoms with Gasteiger partial charge in [0, 0.05) is 6.54 Å². The minimum Gasteiger partial charge on any atom is -0.325 e. The number of rotatable bonds is 3. The zero-order valence-electron chi connectivity index (χ0n) is 13.3. The predicted octanol–water partition coefficient (Wildman–Crippen LogP) is 3.15. The van der Waals surface area contributed by atoms with Crippen molar-refractivity contribution in [3.63, 3.8) is 0 Å². The Morgan fingerprint density at radius 2 is 2.00 bits per heavy atom. The molecule has 3 fully saturated rings. The molecule has 0 aromatic heterocycles. The van der Waals surface area contributed by atoms with Gasteiger partial charge < -0.3 is 4.90 Å². The van der Waals surface area contributed by atoms with Crippen molar-refractivity contribution in [1.82, 2.24) is 10.2 Å². The highest BCUT2D eigenvalue weighted by Gasteiger charge is 2.53. The SMILES string of the molecule is CC1CCC(CN2C(=O)C3(CCCC3)NC2C(C)C)C1. The smallest absolute Gasteiger partial charge is 0.244 e. The van der Waals surface area contributed by atoms with E-state index in [1.165, 1.54) is 32.1 Å². The van der Waals surface area contributed by atoms with Gasteiger partial charge in [-0.25, -0.2) is 0 Å². The Kier molecular flexibility index (Phi) is 3.83. The van der Waals surface area contributed by atoms with Crippen molar-refractivity contribution in [3.8, 4) is 0 Å². The number of nitrogens with zero attached hydrogens (tertiary/aromatic N) is 1. The summed E-state index contributed by atoms with van der Waals surface area (Å²) in [5.74, 6) is 2.49. The summed E-state index contributed by atoms with van der Waals surface area (Å²) >= 11 is 0. The van der Waals surface area contributed by atoms with Crippen LogP contribution in [0.5, 0.6) is 0 Å². The molecule has 3 atom stereocenters. The number of nitrogens with one attached hydrogen (secondary N) is 1. The summed E-state index contributed by atoms with van der Waals surface area (Å²) in [6, 6.07) is 0. The third kappa shape index (κ3) is 2.38. The lowest BCUT2D eigenvalue weighted by molar-refractivity contribution is -0.134. The molecule has 20 heavy (non-hydrogen) atoms. The van der Waals surface area contributed by atoms with Crippen LogP contribution in [0.15, 0.2) is 0 Å². The molecule has 3 heteroatoms. The first-order valence-electron chi connectivity index (χ1n) is 8.60. The van der Waals surface area contributed by atoms with Crippen LogP contribution < -0.4 is 5.32 Å². The van der Waals surface area contributed by atoms with Crippen molar-refractivity contribution in [3.05, 3.63) is 0 Å². The van der Waals surface area contributed by atoms with E-state index in [2.05, 4.69) is 31.0 Å². The fourth-order valence-corrected chi connectivity index (χ4v) is 4.65. The summed E-state index contributed by atoms with van der Waals surface area (Å²) in [5, 5.41) is 3.73. The second-order valence-electron chi connectivity index (χ2n) is 7.86. The Balaban J connectivity index is 1.74.